The summed E-state index contributed by atoms with van der Waals surface area (Å²) in [6.45, 7) is 2.13. The molecule has 21 heavy (non-hydrogen) atoms. The van der Waals surface area contributed by atoms with Gasteiger partial charge in [0, 0.05) is 13.1 Å². The molecule has 2 aromatic rings. The molecule has 110 valence electrons. The lowest BCUT2D eigenvalue weighted by molar-refractivity contribution is 0.0690. The molecule has 0 amide bonds. The van der Waals surface area contributed by atoms with E-state index in [0.717, 1.165) is 12.8 Å². The van der Waals surface area contributed by atoms with E-state index >= 15 is 0 Å². The highest BCUT2D eigenvalue weighted by atomic mass is 16.4. The van der Waals surface area contributed by atoms with Crippen LogP contribution in [0, 0.1) is 0 Å². The number of carboxylic acids is 1. The summed E-state index contributed by atoms with van der Waals surface area (Å²) < 4.78 is 0. The Balaban J connectivity index is 2.12. The molecule has 1 aromatic heterocycles. The van der Waals surface area contributed by atoms with Gasteiger partial charge < -0.3 is 10.0 Å². The second-order valence-corrected chi connectivity index (χ2v) is 4.93. The van der Waals surface area contributed by atoms with Gasteiger partial charge in [-0.3, -0.25) is 0 Å². The molecular formula is C16H19N3O2. The Morgan fingerprint density at radius 1 is 1.24 bits per heavy atom. The molecule has 0 aliphatic carbocycles. The minimum Gasteiger partial charge on any atom is -0.476 e. The van der Waals surface area contributed by atoms with E-state index < -0.39 is 5.97 Å². The van der Waals surface area contributed by atoms with Crippen LogP contribution in [0.25, 0.3) is 0 Å². The zero-order valence-electron chi connectivity index (χ0n) is 12.2. The predicted molar refractivity (Wildman–Crippen MR) is 81.6 cm³/mol. The Kier molecular flexibility index (Phi) is 4.87. The minimum atomic E-state index is -1.06. The fourth-order valence-electron chi connectivity index (χ4n) is 2.24. The fourth-order valence-corrected chi connectivity index (χ4v) is 2.24. The number of aromatic carboxylic acids is 1. The Morgan fingerprint density at radius 2 is 1.95 bits per heavy atom. The third-order valence-corrected chi connectivity index (χ3v) is 3.55. The monoisotopic (exact) mass is 285 g/mol. The highest BCUT2D eigenvalue weighted by Gasteiger charge is 2.16. The van der Waals surface area contributed by atoms with Gasteiger partial charge in [-0.25, -0.2) is 14.8 Å². The number of carboxylic acid groups (broad SMARTS) is 1. The maximum absolute atomic E-state index is 10.8. The molecule has 1 heterocycles. The molecule has 0 bridgehead atoms. The SMILES string of the molecule is CCC(Cc1ccccc1)N(C)c1cnc(C(=O)O)cn1. The normalized spacial score (nSPS) is 11.9. The minimum absolute atomic E-state index is 0.0387. The van der Waals surface area contributed by atoms with Gasteiger partial charge in [-0.05, 0) is 18.4 Å². The molecule has 0 aliphatic heterocycles. The van der Waals surface area contributed by atoms with Crippen LogP contribution < -0.4 is 4.90 Å². The van der Waals surface area contributed by atoms with Crippen LogP contribution in [-0.2, 0) is 6.42 Å². The quantitative estimate of drug-likeness (QED) is 0.883. The van der Waals surface area contributed by atoms with Gasteiger partial charge in [-0.2, -0.15) is 0 Å². The van der Waals surface area contributed by atoms with Crippen molar-refractivity contribution in [1.29, 1.82) is 0 Å². The van der Waals surface area contributed by atoms with Gasteiger partial charge >= 0.3 is 5.97 Å². The van der Waals surface area contributed by atoms with E-state index in [-0.39, 0.29) is 11.7 Å². The van der Waals surface area contributed by atoms with Crippen LogP contribution >= 0.6 is 0 Å². The van der Waals surface area contributed by atoms with Crippen molar-refractivity contribution in [2.24, 2.45) is 0 Å². The number of nitrogens with zero attached hydrogens (tertiary/aromatic N) is 3. The van der Waals surface area contributed by atoms with Crippen molar-refractivity contribution in [3.8, 4) is 0 Å². The van der Waals surface area contributed by atoms with Crippen LogP contribution in [0.3, 0.4) is 0 Å². The molecule has 0 fully saturated rings. The van der Waals surface area contributed by atoms with Gasteiger partial charge in [0.25, 0.3) is 0 Å². The molecule has 0 saturated heterocycles. The van der Waals surface area contributed by atoms with Gasteiger partial charge in [0.15, 0.2) is 5.69 Å². The smallest absolute Gasteiger partial charge is 0.356 e. The first-order valence-electron chi connectivity index (χ1n) is 6.94. The van der Waals surface area contributed by atoms with E-state index in [1.165, 1.54) is 18.0 Å². The van der Waals surface area contributed by atoms with E-state index in [1.54, 1.807) is 0 Å². The number of rotatable bonds is 6. The molecule has 0 saturated carbocycles. The summed E-state index contributed by atoms with van der Waals surface area (Å²) in [6.07, 6.45) is 4.68. The second-order valence-electron chi connectivity index (χ2n) is 4.93. The molecular weight excluding hydrogens is 266 g/mol. The van der Waals surface area contributed by atoms with Crippen LogP contribution in [0.15, 0.2) is 42.7 Å². The highest BCUT2D eigenvalue weighted by molar-refractivity contribution is 5.84. The maximum atomic E-state index is 10.8. The van der Waals surface area contributed by atoms with Crippen molar-refractivity contribution in [1.82, 2.24) is 9.97 Å². The summed E-state index contributed by atoms with van der Waals surface area (Å²) >= 11 is 0. The molecule has 5 heteroatoms. The summed E-state index contributed by atoms with van der Waals surface area (Å²) in [4.78, 5) is 21.0. The first kappa shape index (κ1) is 15.0. The van der Waals surface area contributed by atoms with Gasteiger partial charge in [0.2, 0.25) is 0 Å². The number of benzene rings is 1. The lowest BCUT2D eigenvalue weighted by Crippen LogP contribution is -2.33. The Hall–Kier alpha value is -2.43. The van der Waals surface area contributed by atoms with Crippen molar-refractivity contribution in [2.45, 2.75) is 25.8 Å². The molecule has 5 nitrogen and oxygen atoms in total. The van der Waals surface area contributed by atoms with Crippen molar-refractivity contribution in [3.05, 3.63) is 54.0 Å². The van der Waals surface area contributed by atoms with E-state index in [4.69, 9.17) is 5.11 Å². The number of hydrogen-bond acceptors (Lipinski definition) is 4. The summed E-state index contributed by atoms with van der Waals surface area (Å²) in [6, 6.07) is 10.6. The number of anilines is 1. The van der Waals surface area contributed by atoms with Crippen molar-refractivity contribution < 1.29 is 9.90 Å². The standard InChI is InChI=1S/C16H19N3O2/c1-3-13(9-12-7-5-4-6-8-12)19(2)15-11-17-14(10-18-15)16(20)21/h4-8,10-11,13H,3,9H2,1-2H3,(H,20,21). The second kappa shape index (κ2) is 6.83. The lowest BCUT2D eigenvalue weighted by atomic mass is 10.0. The van der Waals surface area contributed by atoms with Gasteiger partial charge in [-0.1, -0.05) is 37.3 Å². The fraction of sp³-hybridized carbons (Fsp3) is 0.312. The van der Waals surface area contributed by atoms with Crippen LogP contribution in [0.2, 0.25) is 0 Å². The lowest BCUT2D eigenvalue weighted by Gasteiger charge is -2.28. The summed E-state index contributed by atoms with van der Waals surface area (Å²) in [5, 5.41) is 8.85. The number of aromatic nitrogens is 2. The zero-order chi connectivity index (χ0) is 15.2. The summed E-state index contributed by atoms with van der Waals surface area (Å²) in [7, 11) is 1.96. The topological polar surface area (TPSA) is 66.3 Å². The summed E-state index contributed by atoms with van der Waals surface area (Å²) in [5.41, 5.74) is 1.23. The van der Waals surface area contributed by atoms with Crippen molar-refractivity contribution in [3.63, 3.8) is 0 Å². The maximum Gasteiger partial charge on any atom is 0.356 e. The van der Waals surface area contributed by atoms with Crippen LogP contribution in [0.4, 0.5) is 5.82 Å². The molecule has 1 atom stereocenters. The molecule has 1 aromatic carbocycles. The third kappa shape index (κ3) is 3.78. The molecule has 2 rings (SSSR count). The Labute approximate surface area is 124 Å². The summed E-state index contributed by atoms with van der Waals surface area (Å²) in [5.74, 6) is -0.379. The van der Waals surface area contributed by atoms with Crippen LogP contribution in [0.5, 0.6) is 0 Å². The van der Waals surface area contributed by atoms with Crippen LogP contribution in [-0.4, -0.2) is 34.1 Å². The number of hydrogen-bond donors (Lipinski definition) is 1. The Morgan fingerprint density at radius 3 is 2.48 bits per heavy atom. The molecule has 0 radical (unpaired) electrons. The molecule has 1 unspecified atom stereocenters. The number of carbonyl (C=O) groups is 1. The van der Waals surface area contributed by atoms with Gasteiger partial charge in [0.05, 0.1) is 12.4 Å². The first-order valence-corrected chi connectivity index (χ1v) is 6.94. The van der Waals surface area contributed by atoms with E-state index in [0.29, 0.717) is 5.82 Å². The third-order valence-electron chi connectivity index (χ3n) is 3.55. The van der Waals surface area contributed by atoms with E-state index in [1.807, 2.05) is 30.1 Å². The predicted octanol–water partition coefficient (Wildman–Crippen LogP) is 2.63. The molecule has 0 spiro atoms. The first-order chi connectivity index (χ1) is 10.1. The van der Waals surface area contributed by atoms with Gasteiger partial charge in [0.1, 0.15) is 5.82 Å². The van der Waals surface area contributed by atoms with E-state index in [9.17, 15) is 4.79 Å². The Bertz CT molecular complexity index is 584. The zero-order valence-corrected chi connectivity index (χ0v) is 12.2. The van der Waals surface area contributed by atoms with E-state index in [2.05, 4.69) is 29.0 Å². The average molecular weight is 285 g/mol. The molecule has 1 N–H and O–H groups in total. The van der Waals surface area contributed by atoms with Gasteiger partial charge in [-0.15, -0.1) is 0 Å². The van der Waals surface area contributed by atoms with Crippen LogP contribution in [0.1, 0.15) is 29.4 Å². The number of likely N-dealkylation sites (N-methyl/N-ethyl adjacent to an activating group) is 1. The average Bonchev–Trinajstić information content (AvgIpc) is 2.53. The largest absolute Gasteiger partial charge is 0.476 e. The van der Waals surface area contributed by atoms with Crippen molar-refractivity contribution in [2.75, 3.05) is 11.9 Å². The molecule has 0 aliphatic rings. The van der Waals surface area contributed by atoms with Crippen molar-refractivity contribution >= 4 is 11.8 Å². The highest BCUT2D eigenvalue weighted by Crippen LogP contribution is 2.16.